The summed E-state index contributed by atoms with van der Waals surface area (Å²) in [5.74, 6) is 1.84. The number of hydrogen-bond acceptors (Lipinski definition) is 5. The smallest absolute Gasteiger partial charge is 0.258 e. The van der Waals surface area contributed by atoms with Crippen molar-refractivity contribution in [3.05, 3.63) is 39.7 Å². The fourth-order valence-electron chi connectivity index (χ4n) is 1.74. The zero-order chi connectivity index (χ0) is 14.1. The lowest BCUT2D eigenvalue weighted by atomic mass is 10.2. The minimum Gasteiger partial charge on any atom is -0.497 e. The van der Waals surface area contributed by atoms with Gasteiger partial charge < -0.3 is 9.15 Å². The number of benzene rings is 1. The molecule has 0 N–H and O–H groups in total. The number of aryl methyl sites for hydroxylation is 1. The average molecular weight is 351 g/mol. The summed E-state index contributed by atoms with van der Waals surface area (Å²) >= 11 is 5.11. The van der Waals surface area contributed by atoms with E-state index in [9.17, 15) is 0 Å². The highest BCUT2D eigenvalue weighted by Gasteiger charge is 2.13. The molecule has 0 amide bonds. The first kappa shape index (κ1) is 13.3. The van der Waals surface area contributed by atoms with Gasteiger partial charge in [0.2, 0.25) is 5.89 Å². The Morgan fingerprint density at radius 3 is 2.45 bits per heavy atom. The molecule has 3 rings (SSSR count). The highest BCUT2D eigenvalue weighted by Crippen LogP contribution is 2.34. The molecule has 0 radical (unpaired) electrons. The zero-order valence-corrected chi connectivity index (χ0v) is 13.3. The summed E-state index contributed by atoms with van der Waals surface area (Å²) in [7, 11) is 1.64. The monoisotopic (exact) mass is 350 g/mol. The Kier molecular flexibility index (Phi) is 3.58. The first-order valence-electron chi connectivity index (χ1n) is 5.91. The van der Waals surface area contributed by atoms with Crippen LogP contribution in [0.25, 0.3) is 22.2 Å². The quantitative estimate of drug-likeness (QED) is 0.695. The summed E-state index contributed by atoms with van der Waals surface area (Å²) < 4.78 is 11.9. The largest absolute Gasteiger partial charge is 0.497 e. The van der Waals surface area contributed by atoms with Crippen LogP contribution >= 0.6 is 27.3 Å². The van der Waals surface area contributed by atoms with Crippen molar-refractivity contribution in [2.45, 2.75) is 6.92 Å². The molecule has 4 nitrogen and oxygen atoms in total. The van der Waals surface area contributed by atoms with Crippen molar-refractivity contribution in [3.8, 4) is 28.0 Å². The molecule has 0 aliphatic rings. The van der Waals surface area contributed by atoms with Gasteiger partial charge in [0.15, 0.2) is 0 Å². The molecule has 0 aliphatic carbocycles. The Morgan fingerprint density at radius 1 is 1.15 bits per heavy atom. The molecule has 0 fully saturated rings. The van der Waals surface area contributed by atoms with E-state index in [-0.39, 0.29) is 0 Å². The third-order valence-corrected chi connectivity index (χ3v) is 4.95. The molecule has 0 aliphatic heterocycles. The molecular formula is C14H11BrN2O2S. The van der Waals surface area contributed by atoms with Gasteiger partial charge in [-0.15, -0.1) is 21.5 Å². The van der Waals surface area contributed by atoms with Crippen LogP contribution in [-0.4, -0.2) is 17.3 Å². The van der Waals surface area contributed by atoms with Crippen LogP contribution in [0, 0.1) is 6.92 Å². The van der Waals surface area contributed by atoms with E-state index in [4.69, 9.17) is 9.15 Å². The maximum absolute atomic E-state index is 5.72. The zero-order valence-electron chi connectivity index (χ0n) is 10.9. The fraction of sp³-hybridized carbons (Fsp3) is 0.143. The van der Waals surface area contributed by atoms with Gasteiger partial charge in [0.1, 0.15) is 5.75 Å². The lowest BCUT2D eigenvalue weighted by Gasteiger charge is -1.99. The van der Waals surface area contributed by atoms with E-state index in [1.54, 1.807) is 18.4 Å². The van der Waals surface area contributed by atoms with Crippen molar-refractivity contribution < 1.29 is 9.15 Å². The average Bonchev–Trinajstić information content (AvgIpc) is 3.07. The number of aromatic nitrogens is 2. The highest BCUT2D eigenvalue weighted by atomic mass is 79.9. The molecule has 6 heteroatoms. The van der Waals surface area contributed by atoms with Crippen LogP contribution in [0.1, 0.15) is 4.88 Å². The number of ether oxygens (including phenoxy) is 1. The third kappa shape index (κ3) is 2.48. The Labute approximate surface area is 128 Å². The number of nitrogens with zero attached hydrogens (tertiary/aromatic N) is 2. The molecule has 0 saturated carbocycles. The van der Waals surface area contributed by atoms with Crippen molar-refractivity contribution in [3.63, 3.8) is 0 Å². The lowest BCUT2D eigenvalue weighted by Crippen LogP contribution is -1.82. The van der Waals surface area contributed by atoms with Crippen molar-refractivity contribution in [1.29, 1.82) is 0 Å². The summed E-state index contributed by atoms with van der Waals surface area (Å²) in [4.78, 5) is 2.14. The minimum absolute atomic E-state index is 0.504. The Hall–Kier alpha value is -1.66. The normalized spacial score (nSPS) is 10.8. The number of rotatable bonds is 3. The van der Waals surface area contributed by atoms with Gasteiger partial charge in [-0.2, -0.15) is 0 Å². The van der Waals surface area contributed by atoms with Crippen molar-refractivity contribution in [1.82, 2.24) is 10.2 Å². The van der Waals surface area contributed by atoms with Crippen molar-refractivity contribution in [2.75, 3.05) is 7.11 Å². The van der Waals surface area contributed by atoms with E-state index < -0.39 is 0 Å². The molecule has 0 saturated heterocycles. The molecule has 102 valence electrons. The fourth-order valence-corrected chi connectivity index (χ4v) is 3.19. The highest BCUT2D eigenvalue weighted by molar-refractivity contribution is 9.10. The summed E-state index contributed by atoms with van der Waals surface area (Å²) in [6.07, 6.45) is 0. The predicted molar refractivity (Wildman–Crippen MR) is 82.0 cm³/mol. The third-order valence-electron chi connectivity index (χ3n) is 2.83. The van der Waals surface area contributed by atoms with Gasteiger partial charge in [0, 0.05) is 14.9 Å². The van der Waals surface area contributed by atoms with Gasteiger partial charge >= 0.3 is 0 Å². The summed E-state index contributed by atoms with van der Waals surface area (Å²) in [5.41, 5.74) is 0.872. The maximum Gasteiger partial charge on any atom is 0.258 e. The van der Waals surface area contributed by atoms with Gasteiger partial charge in [-0.1, -0.05) is 0 Å². The molecule has 0 spiro atoms. The number of methoxy groups -OCH3 is 1. The molecule has 20 heavy (non-hydrogen) atoms. The van der Waals surface area contributed by atoms with Crippen LogP contribution in [0.3, 0.4) is 0 Å². The van der Waals surface area contributed by atoms with Crippen LogP contribution in [-0.2, 0) is 0 Å². The SMILES string of the molecule is COc1ccc(-c2nnc(-c3cc(Br)c(C)s3)o2)cc1. The van der Waals surface area contributed by atoms with Crippen LogP contribution in [0.4, 0.5) is 0 Å². The minimum atomic E-state index is 0.504. The van der Waals surface area contributed by atoms with Crippen molar-refractivity contribution in [2.24, 2.45) is 0 Å². The van der Waals surface area contributed by atoms with Gasteiger partial charge in [-0.3, -0.25) is 0 Å². The Bertz CT molecular complexity index is 714. The number of halogens is 1. The predicted octanol–water partition coefficient (Wildman–Crippen LogP) is 4.54. The summed E-state index contributed by atoms with van der Waals surface area (Å²) in [6, 6.07) is 9.51. The van der Waals surface area contributed by atoms with Crippen LogP contribution < -0.4 is 4.74 Å². The molecule has 0 unspecified atom stereocenters. The molecule has 0 bridgehead atoms. The van der Waals surface area contributed by atoms with Gasteiger partial charge in [0.05, 0.1) is 12.0 Å². The number of thiophene rings is 1. The summed E-state index contributed by atoms with van der Waals surface area (Å²) in [6.45, 7) is 2.04. The Balaban J connectivity index is 1.92. The number of hydrogen-bond donors (Lipinski definition) is 0. The van der Waals surface area contributed by atoms with Crippen LogP contribution in [0.15, 0.2) is 39.2 Å². The second kappa shape index (κ2) is 5.38. The first-order valence-corrected chi connectivity index (χ1v) is 7.52. The van der Waals surface area contributed by atoms with Gasteiger partial charge in [-0.25, -0.2) is 0 Å². The van der Waals surface area contributed by atoms with Crippen molar-refractivity contribution >= 4 is 27.3 Å². The van der Waals surface area contributed by atoms with E-state index in [2.05, 4.69) is 26.1 Å². The molecule has 2 heterocycles. The molecule has 3 aromatic rings. The van der Waals surface area contributed by atoms with Gasteiger partial charge in [0.25, 0.3) is 5.89 Å². The molecule has 0 atom stereocenters. The molecule has 2 aromatic heterocycles. The standard InChI is InChI=1S/C14H11BrN2O2S/c1-8-11(15)7-12(20-8)14-17-16-13(19-14)9-3-5-10(18-2)6-4-9/h3-7H,1-2H3. The topological polar surface area (TPSA) is 48.2 Å². The van der Waals surface area contributed by atoms with E-state index in [1.807, 2.05) is 37.3 Å². The maximum atomic E-state index is 5.72. The lowest BCUT2D eigenvalue weighted by molar-refractivity contribution is 0.415. The second-order valence-electron chi connectivity index (χ2n) is 4.16. The summed E-state index contributed by atoms with van der Waals surface area (Å²) in [5, 5.41) is 8.19. The van der Waals surface area contributed by atoms with E-state index in [0.717, 1.165) is 20.7 Å². The van der Waals surface area contributed by atoms with Crippen LogP contribution in [0.5, 0.6) is 5.75 Å². The van der Waals surface area contributed by atoms with E-state index in [1.165, 1.54) is 4.88 Å². The van der Waals surface area contributed by atoms with Gasteiger partial charge in [-0.05, 0) is 53.2 Å². The first-order chi connectivity index (χ1) is 9.67. The molecular weight excluding hydrogens is 340 g/mol. The van der Waals surface area contributed by atoms with E-state index >= 15 is 0 Å². The van der Waals surface area contributed by atoms with E-state index in [0.29, 0.717) is 11.8 Å². The Morgan fingerprint density at radius 2 is 1.85 bits per heavy atom. The molecule has 1 aromatic carbocycles. The van der Waals surface area contributed by atoms with Crippen LogP contribution in [0.2, 0.25) is 0 Å². The second-order valence-corrected chi connectivity index (χ2v) is 6.27.